The number of isothiocyanates is 1. The molecular formula is C6H2ClNOS2. The van der Waals surface area contributed by atoms with Crippen molar-refractivity contribution in [1.82, 2.24) is 0 Å². The van der Waals surface area contributed by atoms with E-state index in [1.807, 2.05) is 5.16 Å². The first-order valence-corrected chi connectivity index (χ1v) is 4.27. The molecule has 0 atom stereocenters. The van der Waals surface area contributed by atoms with E-state index in [0.29, 0.717) is 9.90 Å². The smallest absolute Gasteiger partial charge is 0.265 e. The first kappa shape index (κ1) is 8.56. The highest BCUT2D eigenvalue weighted by molar-refractivity contribution is 7.78. The van der Waals surface area contributed by atoms with Crippen LogP contribution in [-0.4, -0.2) is 11.1 Å². The largest absolute Gasteiger partial charge is 0.297 e. The number of carbonyl (C=O) groups excluding carboxylic acids is 1. The van der Waals surface area contributed by atoms with E-state index in [0.717, 1.165) is 0 Å². The molecule has 0 bridgehead atoms. The van der Waals surface area contributed by atoms with E-state index in [9.17, 15) is 4.79 Å². The average molecular weight is 204 g/mol. The molecule has 0 unspecified atom stereocenters. The lowest BCUT2D eigenvalue weighted by atomic mass is 10.4. The molecule has 0 spiro atoms. The van der Waals surface area contributed by atoms with Crippen molar-refractivity contribution in [2.75, 3.05) is 0 Å². The number of rotatable bonds is 1. The third kappa shape index (κ3) is 1.94. The number of carbonyl (C=O) groups is 1. The summed E-state index contributed by atoms with van der Waals surface area (Å²) in [5.41, 5.74) is 0. The van der Waals surface area contributed by atoms with Crippen LogP contribution in [0.4, 0.5) is 0 Å². The summed E-state index contributed by atoms with van der Waals surface area (Å²) in [6.45, 7) is 0. The molecule has 0 saturated heterocycles. The lowest BCUT2D eigenvalue weighted by Crippen LogP contribution is -1.89. The van der Waals surface area contributed by atoms with Crippen LogP contribution >= 0.6 is 35.2 Å². The van der Waals surface area contributed by atoms with Gasteiger partial charge in [-0.2, -0.15) is 4.99 Å². The van der Waals surface area contributed by atoms with E-state index in [1.165, 1.54) is 11.3 Å². The normalized spacial score (nSPS) is 8.82. The van der Waals surface area contributed by atoms with Gasteiger partial charge in [0.25, 0.3) is 5.91 Å². The van der Waals surface area contributed by atoms with Crippen molar-refractivity contribution in [3.63, 3.8) is 0 Å². The Hall–Kier alpha value is -0.540. The summed E-state index contributed by atoms with van der Waals surface area (Å²) >= 11 is 11.1. The molecule has 1 aromatic heterocycles. The third-order valence-corrected chi connectivity index (χ3v) is 2.38. The Bertz CT molecular complexity index is 327. The Balaban J connectivity index is 3.02. The second-order valence-electron chi connectivity index (χ2n) is 1.61. The van der Waals surface area contributed by atoms with Crippen molar-refractivity contribution in [2.24, 2.45) is 4.99 Å². The molecule has 1 rings (SSSR count). The summed E-state index contributed by atoms with van der Waals surface area (Å²) in [4.78, 5) is 14.6. The van der Waals surface area contributed by atoms with Crippen molar-refractivity contribution >= 4 is 46.2 Å². The molecule has 1 aromatic rings. The van der Waals surface area contributed by atoms with Gasteiger partial charge in [0.1, 0.15) is 4.88 Å². The zero-order chi connectivity index (χ0) is 8.27. The van der Waals surface area contributed by atoms with Crippen LogP contribution in [0.5, 0.6) is 0 Å². The van der Waals surface area contributed by atoms with Gasteiger partial charge in [0.2, 0.25) is 0 Å². The quantitative estimate of drug-likeness (QED) is 0.519. The maximum atomic E-state index is 11.0. The van der Waals surface area contributed by atoms with Crippen LogP contribution in [0.2, 0.25) is 5.02 Å². The summed E-state index contributed by atoms with van der Waals surface area (Å²) in [5, 5.41) is 4.12. The maximum Gasteiger partial charge on any atom is 0.297 e. The van der Waals surface area contributed by atoms with Gasteiger partial charge in [-0.25, -0.2) is 0 Å². The van der Waals surface area contributed by atoms with E-state index < -0.39 is 5.91 Å². The average Bonchev–Trinajstić information content (AvgIpc) is 2.36. The summed E-state index contributed by atoms with van der Waals surface area (Å²) in [6, 6.07) is 1.64. The zero-order valence-corrected chi connectivity index (χ0v) is 7.59. The highest BCUT2D eigenvalue weighted by atomic mass is 35.5. The fourth-order valence-corrected chi connectivity index (χ4v) is 1.64. The summed E-state index contributed by atoms with van der Waals surface area (Å²) in [5.74, 6) is -0.431. The van der Waals surface area contributed by atoms with Crippen molar-refractivity contribution in [3.8, 4) is 0 Å². The molecule has 56 valence electrons. The highest BCUT2D eigenvalue weighted by Crippen LogP contribution is 2.22. The Morgan fingerprint density at radius 1 is 1.82 bits per heavy atom. The van der Waals surface area contributed by atoms with Crippen molar-refractivity contribution in [1.29, 1.82) is 0 Å². The molecule has 0 saturated carbocycles. The second-order valence-corrected chi connectivity index (χ2v) is 3.11. The predicted octanol–water partition coefficient (Wildman–Crippen LogP) is 2.64. The zero-order valence-electron chi connectivity index (χ0n) is 5.20. The van der Waals surface area contributed by atoms with Gasteiger partial charge < -0.3 is 0 Å². The van der Waals surface area contributed by atoms with Gasteiger partial charge in [-0.3, -0.25) is 4.79 Å². The molecule has 11 heavy (non-hydrogen) atoms. The second kappa shape index (κ2) is 3.74. The number of halogens is 1. The molecule has 0 fully saturated rings. The lowest BCUT2D eigenvalue weighted by molar-refractivity contribution is 0.101. The third-order valence-electron chi connectivity index (χ3n) is 0.959. The van der Waals surface area contributed by atoms with Gasteiger partial charge in [0, 0.05) is 0 Å². The first-order chi connectivity index (χ1) is 5.25. The fraction of sp³-hybridized carbons (Fsp3) is 0. The van der Waals surface area contributed by atoms with Crippen LogP contribution in [0.15, 0.2) is 16.4 Å². The standard InChI is InChI=1S/C6H2ClNOS2/c7-4-1-2-11-5(4)6(9)8-3-10/h1-2H. The van der Waals surface area contributed by atoms with E-state index >= 15 is 0 Å². The van der Waals surface area contributed by atoms with Crippen LogP contribution < -0.4 is 0 Å². The minimum absolute atomic E-state index is 0.406. The number of hydrogen-bond donors (Lipinski definition) is 0. The molecule has 1 heterocycles. The van der Waals surface area contributed by atoms with Gasteiger partial charge in [0.15, 0.2) is 0 Å². The number of amides is 1. The molecule has 0 aliphatic heterocycles. The van der Waals surface area contributed by atoms with Crippen LogP contribution in [0.25, 0.3) is 0 Å². The minimum Gasteiger partial charge on any atom is -0.265 e. The summed E-state index contributed by atoms with van der Waals surface area (Å²) in [6.07, 6.45) is 0. The number of hydrogen-bond acceptors (Lipinski definition) is 3. The Morgan fingerprint density at radius 2 is 2.55 bits per heavy atom. The number of nitrogens with zero attached hydrogens (tertiary/aromatic N) is 1. The SMILES string of the molecule is O=C(N=C=S)c1sccc1Cl. The molecule has 0 aliphatic rings. The van der Waals surface area contributed by atoms with E-state index in [1.54, 1.807) is 11.4 Å². The van der Waals surface area contributed by atoms with Gasteiger partial charge in [-0.15, -0.1) is 11.3 Å². The van der Waals surface area contributed by atoms with Gasteiger partial charge in [-0.1, -0.05) is 11.6 Å². The van der Waals surface area contributed by atoms with E-state index in [4.69, 9.17) is 11.6 Å². The lowest BCUT2D eigenvalue weighted by Gasteiger charge is -1.85. The molecular weight excluding hydrogens is 202 g/mol. The van der Waals surface area contributed by atoms with Gasteiger partial charge >= 0.3 is 0 Å². The highest BCUT2D eigenvalue weighted by Gasteiger charge is 2.09. The van der Waals surface area contributed by atoms with Crippen LogP contribution in [0.3, 0.4) is 0 Å². The number of thiophene rings is 1. The Labute approximate surface area is 77.5 Å². The molecule has 5 heteroatoms. The predicted molar refractivity (Wildman–Crippen MR) is 48.7 cm³/mol. The Kier molecular flexibility index (Phi) is 2.91. The van der Waals surface area contributed by atoms with Gasteiger partial charge in [0.05, 0.1) is 10.2 Å². The minimum atomic E-state index is -0.431. The summed E-state index contributed by atoms with van der Waals surface area (Å²) < 4.78 is 0. The molecule has 0 aliphatic carbocycles. The van der Waals surface area contributed by atoms with Crippen LogP contribution in [0, 0.1) is 0 Å². The van der Waals surface area contributed by atoms with Crippen molar-refractivity contribution in [2.45, 2.75) is 0 Å². The van der Waals surface area contributed by atoms with Crippen LogP contribution in [0.1, 0.15) is 9.67 Å². The van der Waals surface area contributed by atoms with E-state index in [2.05, 4.69) is 17.2 Å². The summed E-state index contributed by atoms with van der Waals surface area (Å²) in [7, 11) is 0. The first-order valence-electron chi connectivity index (χ1n) is 2.61. The molecule has 0 N–H and O–H groups in total. The van der Waals surface area contributed by atoms with Crippen molar-refractivity contribution < 1.29 is 4.79 Å². The fourth-order valence-electron chi connectivity index (χ4n) is 0.539. The van der Waals surface area contributed by atoms with Crippen molar-refractivity contribution in [3.05, 3.63) is 21.3 Å². The maximum absolute atomic E-state index is 11.0. The molecule has 0 aromatic carbocycles. The molecule has 0 radical (unpaired) electrons. The number of thiocarbonyl (C=S) groups is 1. The Morgan fingerprint density at radius 3 is 3.00 bits per heavy atom. The monoisotopic (exact) mass is 203 g/mol. The molecule has 2 nitrogen and oxygen atoms in total. The van der Waals surface area contributed by atoms with Crippen LogP contribution in [-0.2, 0) is 0 Å². The van der Waals surface area contributed by atoms with Gasteiger partial charge in [-0.05, 0) is 23.7 Å². The molecule has 1 amide bonds. The van der Waals surface area contributed by atoms with E-state index in [-0.39, 0.29) is 0 Å². The topological polar surface area (TPSA) is 29.4 Å². The number of aliphatic imine (C=N–C) groups is 1.